The van der Waals surface area contributed by atoms with Crippen molar-refractivity contribution in [1.82, 2.24) is 10.6 Å². The van der Waals surface area contributed by atoms with Gasteiger partial charge in [-0.05, 0) is 63.4 Å². The van der Waals surface area contributed by atoms with Crippen molar-refractivity contribution in [3.05, 3.63) is 32.7 Å². The third-order valence-electron chi connectivity index (χ3n) is 2.05. The molecule has 5 heteroatoms. The second-order valence-electron chi connectivity index (χ2n) is 4.07. The van der Waals surface area contributed by atoms with E-state index in [1.807, 2.05) is 32.0 Å². The third kappa shape index (κ3) is 5.66. The van der Waals surface area contributed by atoms with E-state index >= 15 is 0 Å². The average molecular weight is 364 g/mol. The molecule has 0 saturated carbocycles. The van der Waals surface area contributed by atoms with Crippen molar-refractivity contribution in [2.24, 2.45) is 0 Å². The molecule has 0 heterocycles. The van der Waals surface area contributed by atoms with Gasteiger partial charge in [0.25, 0.3) is 0 Å². The highest BCUT2D eigenvalue weighted by molar-refractivity contribution is 9.13. The number of rotatable bonds is 5. The van der Waals surface area contributed by atoms with E-state index < -0.39 is 0 Å². The smallest absolute Gasteiger partial charge is 0.234 e. The first-order valence-electron chi connectivity index (χ1n) is 5.43. The van der Waals surface area contributed by atoms with Gasteiger partial charge in [0, 0.05) is 21.5 Å². The predicted octanol–water partition coefficient (Wildman–Crippen LogP) is 2.83. The highest BCUT2D eigenvalue weighted by Gasteiger charge is 2.03. The van der Waals surface area contributed by atoms with Crippen molar-refractivity contribution < 1.29 is 4.79 Å². The molecule has 0 aliphatic carbocycles. The zero-order valence-corrected chi connectivity index (χ0v) is 13.1. The molecule has 0 radical (unpaired) electrons. The molecular weight excluding hydrogens is 348 g/mol. The highest BCUT2D eigenvalue weighted by atomic mass is 79.9. The summed E-state index contributed by atoms with van der Waals surface area (Å²) in [6.07, 6.45) is 0. The predicted molar refractivity (Wildman–Crippen MR) is 76.8 cm³/mol. The molecule has 0 spiro atoms. The van der Waals surface area contributed by atoms with Gasteiger partial charge in [-0.1, -0.05) is 6.07 Å². The quantitative estimate of drug-likeness (QED) is 0.844. The van der Waals surface area contributed by atoms with Crippen LogP contribution >= 0.6 is 31.9 Å². The minimum atomic E-state index is 0.0242. The first-order valence-corrected chi connectivity index (χ1v) is 7.01. The monoisotopic (exact) mass is 362 g/mol. The normalized spacial score (nSPS) is 10.6. The van der Waals surface area contributed by atoms with E-state index in [0.29, 0.717) is 13.1 Å². The molecule has 1 amide bonds. The molecule has 3 nitrogen and oxygen atoms in total. The summed E-state index contributed by atoms with van der Waals surface area (Å²) in [5, 5.41) is 5.94. The number of amides is 1. The summed E-state index contributed by atoms with van der Waals surface area (Å²) < 4.78 is 2.04. The summed E-state index contributed by atoms with van der Waals surface area (Å²) in [5.41, 5.74) is 1.14. The minimum absolute atomic E-state index is 0.0242. The van der Waals surface area contributed by atoms with E-state index in [4.69, 9.17) is 0 Å². The van der Waals surface area contributed by atoms with E-state index in [2.05, 4.69) is 42.5 Å². The SMILES string of the molecule is CC(C)NC(=O)CNCc1ccc(Br)c(Br)c1. The fourth-order valence-electron chi connectivity index (χ4n) is 1.34. The molecule has 0 saturated heterocycles. The van der Waals surface area contributed by atoms with E-state index in [-0.39, 0.29) is 11.9 Å². The lowest BCUT2D eigenvalue weighted by atomic mass is 10.2. The topological polar surface area (TPSA) is 41.1 Å². The molecular formula is C12H16Br2N2O. The van der Waals surface area contributed by atoms with Crippen molar-refractivity contribution in [2.45, 2.75) is 26.4 Å². The number of hydrogen-bond acceptors (Lipinski definition) is 2. The summed E-state index contributed by atoms with van der Waals surface area (Å²) >= 11 is 6.86. The molecule has 17 heavy (non-hydrogen) atoms. The summed E-state index contributed by atoms with van der Waals surface area (Å²) in [5.74, 6) is 0.0242. The Morgan fingerprint density at radius 2 is 2.00 bits per heavy atom. The third-order valence-corrected chi connectivity index (χ3v) is 3.93. The largest absolute Gasteiger partial charge is 0.353 e. The van der Waals surface area contributed by atoms with Crippen LogP contribution in [-0.2, 0) is 11.3 Å². The molecule has 1 rings (SSSR count). The van der Waals surface area contributed by atoms with Crippen LogP contribution in [0.1, 0.15) is 19.4 Å². The first kappa shape index (κ1) is 14.7. The van der Waals surface area contributed by atoms with Crippen LogP contribution in [0.2, 0.25) is 0 Å². The lowest BCUT2D eigenvalue weighted by Crippen LogP contribution is -2.37. The van der Waals surface area contributed by atoms with Gasteiger partial charge in [-0.2, -0.15) is 0 Å². The highest BCUT2D eigenvalue weighted by Crippen LogP contribution is 2.23. The van der Waals surface area contributed by atoms with Crippen LogP contribution in [-0.4, -0.2) is 18.5 Å². The fraction of sp³-hybridized carbons (Fsp3) is 0.417. The Hall–Kier alpha value is -0.390. The van der Waals surface area contributed by atoms with Gasteiger partial charge in [-0.15, -0.1) is 0 Å². The number of carbonyl (C=O) groups excluding carboxylic acids is 1. The Labute approximate surface area is 119 Å². The van der Waals surface area contributed by atoms with Crippen LogP contribution in [0.15, 0.2) is 27.1 Å². The van der Waals surface area contributed by atoms with Crippen LogP contribution in [0, 0.1) is 0 Å². The van der Waals surface area contributed by atoms with E-state index in [0.717, 1.165) is 14.5 Å². The Morgan fingerprint density at radius 3 is 2.59 bits per heavy atom. The zero-order valence-electron chi connectivity index (χ0n) is 9.89. The maximum absolute atomic E-state index is 11.4. The average Bonchev–Trinajstić information content (AvgIpc) is 2.22. The Bertz CT molecular complexity index is 394. The van der Waals surface area contributed by atoms with Crippen molar-refractivity contribution >= 4 is 37.8 Å². The van der Waals surface area contributed by atoms with E-state index in [1.54, 1.807) is 0 Å². The lowest BCUT2D eigenvalue weighted by Gasteiger charge is -2.09. The van der Waals surface area contributed by atoms with Gasteiger partial charge in [0.2, 0.25) is 5.91 Å². The van der Waals surface area contributed by atoms with Crippen LogP contribution in [0.3, 0.4) is 0 Å². The van der Waals surface area contributed by atoms with Gasteiger partial charge in [0.1, 0.15) is 0 Å². The number of halogens is 2. The van der Waals surface area contributed by atoms with Gasteiger partial charge in [-0.25, -0.2) is 0 Å². The number of benzene rings is 1. The van der Waals surface area contributed by atoms with Crippen molar-refractivity contribution in [2.75, 3.05) is 6.54 Å². The minimum Gasteiger partial charge on any atom is -0.353 e. The molecule has 0 aromatic heterocycles. The Morgan fingerprint density at radius 1 is 1.29 bits per heavy atom. The lowest BCUT2D eigenvalue weighted by molar-refractivity contribution is -0.120. The first-order chi connectivity index (χ1) is 7.99. The molecule has 0 atom stereocenters. The molecule has 0 unspecified atom stereocenters. The van der Waals surface area contributed by atoms with E-state index in [9.17, 15) is 4.79 Å². The van der Waals surface area contributed by atoms with Crippen LogP contribution in [0.5, 0.6) is 0 Å². The van der Waals surface area contributed by atoms with Crippen molar-refractivity contribution in [3.63, 3.8) is 0 Å². The van der Waals surface area contributed by atoms with Gasteiger partial charge in [0.05, 0.1) is 6.54 Å². The molecule has 94 valence electrons. The van der Waals surface area contributed by atoms with Crippen molar-refractivity contribution in [1.29, 1.82) is 0 Å². The van der Waals surface area contributed by atoms with Crippen LogP contribution < -0.4 is 10.6 Å². The van der Waals surface area contributed by atoms with Gasteiger partial charge >= 0.3 is 0 Å². The number of hydrogen-bond donors (Lipinski definition) is 2. The van der Waals surface area contributed by atoms with Gasteiger partial charge < -0.3 is 10.6 Å². The molecule has 0 bridgehead atoms. The fourth-order valence-corrected chi connectivity index (χ4v) is 2.02. The second-order valence-corrected chi connectivity index (χ2v) is 5.78. The Balaban J connectivity index is 2.36. The van der Waals surface area contributed by atoms with Crippen LogP contribution in [0.25, 0.3) is 0 Å². The second kappa shape index (κ2) is 7.13. The number of nitrogens with one attached hydrogen (secondary N) is 2. The van der Waals surface area contributed by atoms with Gasteiger partial charge in [0.15, 0.2) is 0 Å². The molecule has 0 aliphatic rings. The molecule has 2 N–H and O–H groups in total. The molecule has 1 aromatic rings. The summed E-state index contributed by atoms with van der Waals surface area (Å²) in [4.78, 5) is 11.4. The maximum Gasteiger partial charge on any atom is 0.234 e. The van der Waals surface area contributed by atoms with Crippen molar-refractivity contribution in [3.8, 4) is 0 Å². The molecule has 0 aliphatic heterocycles. The summed E-state index contributed by atoms with van der Waals surface area (Å²) in [7, 11) is 0. The molecule has 1 aromatic carbocycles. The van der Waals surface area contributed by atoms with Gasteiger partial charge in [-0.3, -0.25) is 4.79 Å². The summed E-state index contributed by atoms with van der Waals surface area (Å²) in [6, 6.07) is 6.21. The summed E-state index contributed by atoms with van der Waals surface area (Å²) in [6.45, 7) is 4.91. The standard InChI is InChI=1S/C12H16Br2N2O/c1-8(2)16-12(17)7-15-6-9-3-4-10(13)11(14)5-9/h3-5,8,15H,6-7H2,1-2H3,(H,16,17). The maximum atomic E-state index is 11.4. The zero-order chi connectivity index (χ0) is 12.8. The number of carbonyl (C=O) groups is 1. The van der Waals surface area contributed by atoms with E-state index in [1.165, 1.54) is 0 Å². The molecule has 0 fully saturated rings. The van der Waals surface area contributed by atoms with Crippen LogP contribution in [0.4, 0.5) is 0 Å². The Kier molecular flexibility index (Phi) is 6.16.